The van der Waals surface area contributed by atoms with Crippen molar-refractivity contribution in [1.82, 2.24) is 0 Å². The zero-order chi connectivity index (χ0) is 25.7. The van der Waals surface area contributed by atoms with Gasteiger partial charge in [-0.05, 0) is 0 Å². The van der Waals surface area contributed by atoms with Gasteiger partial charge in [0.1, 0.15) is 0 Å². The predicted octanol–water partition coefficient (Wildman–Crippen LogP) is 6.73. The summed E-state index contributed by atoms with van der Waals surface area (Å²) in [5, 5.41) is 0. The van der Waals surface area contributed by atoms with Gasteiger partial charge in [0.2, 0.25) is 0 Å². The Balaban J connectivity index is 1.93. The molecule has 0 fully saturated rings. The van der Waals surface area contributed by atoms with Gasteiger partial charge in [-0.3, -0.25) is 0 Å². The summed E-state index contributed by atoms with van der Waals surface area (Å²) in [4.78, 5) is 0. The summed E-state index contributed by atoms with van der Waals surface area (Å²) in [5.74, 6) is 0. The van der Waals surface area contributed by atoms with Crippen LogP contribution in [0.2, 0.25) is 0 Å². The molecule has 0 atom stereocenters. The van der Waals surface area contributed by atoms with Gasteiger partial charge in [-0.1, -0.05) is 0 Å². The first-order valence-corrected chi connectivity index (χ1v) is 21.0. The van der Waals surface area contributed by atoms with E-state index in [-0.39, 0.29) is 2.97 Å². The summed E-state index contributed by atoms with van der Waals surface area (Å²) in [7, 11) is 0. The molecule has 38 heavy (non-hydrogen) atoms. The van der Waals surface area contributed by atoms with Crippen molar-refractivity contribution in [3.05, 3.63) is 199 Å². The molecule has 0 saturated carbocycles. The Morgan fingerprint density at radius 3 is 0.711 bits per heavy atom. The van der Waals surface area contributed by atoms with Gasteiger partial charge < -0.3 is 0 Å². The molecule has 0 aliphatic heterocycles. The third kappa shape index (κ3) is 3.95. The van der Waals surface area contributed by atoms with E-state index in [1.165, 1.54) is 26.1 Å². The monoisotopic (exact) mass is 682 g/mol. The molecular formula is C37H30Pb. The molecule has 0 radical (unpaired) electrons. The molecular weight excluding hydrogens is 652 g/mol. The fourth-order valence-corrected chi connectivity index (χ4v) is 30.4. The predicted molar refractivity (Wildman–Crippen MR) is 163 cm³/mol. The van der Waals surface area contributed by atoms with Gasteiger partial charge in [-0.15, -0.1) is 0 Å². The third-order valence-electron chi connectivity index (χ3n) is 7.80. The van der Waals surface area contributed by atoms with Crippen LogP contribution in [0.25, 0.3) is 0 Å². The Labute approximate surface area is 230 Å². The average Bonchev–Trinajstić information content (AvgIpc) is 3.02. The van der Waals surface area contributed by atoms with E-state index in [1.807, 2.05) is 0 Å². The summed E-state index contributed by atoms with van der Waals surface area (Å²) in [6.07, 6.45) is 0. The van der Waals surface area contributed by atoms with E-state index in [1.54, 1.807) is 0 Å². The topological polar surface area (TPSA) is 0 Å². The van der Waals surface area contributed by atoms with Crippen LogP contribution < -0.4 is 9.37 Å². The van der Waals surface area contributed by atoms with Crippen LogP contribution in [0.3, 0.4) is 0 Å². The second-order valence-electron chi connectivity index (χ2n) is 9.70. The Bertz CT molecular complexity index is 1250. The van der Waals surface area contributed by atoms with Crippen LogP contribution in [0, 0.1) is 0 Å². The van der Waals surface area contributed by atoms with Crippen LogP contribution in [0.4, 0.5) is 0 Å². The summed E-state index contributed by atoms with van der Waals surface area (Å²) >= 11 is -4.32. The first-order chi connectivity index (χ1) is 18.9. The van der Waals surface area contributed by atoms with Crippen LogP contribution >= 0.6 is 0 Å². The number of benzene rings is 6. The molecule has 0 aromatic heterocycles. The average molecular weight is 682 g/mol. The Hall–Kier alpha value is -3.76. The van der Waals surface area contributed by atoms with Crippen LogP contribution in [-0.4, -0.2) is 21.2 Å². The van der Waals surface area contributed by atoms with Gasteiger partial charge in [-0.2, -0.15) is 0 Å². The molecule has 0 amide bonds. The van der Waals surface area contributed by atoms with E-state index in [4.69, 9.17) is 0 Å². The van der Waals surface area contributed by atoms with Gasteiger partial charge in [0.05, 0.1) is 0 Å². The van der Waals surface area contributed by atoms with Crippen LogP contribution in [0.1, 0.15) is 16.7 Å². The standard InChI is InChI=1S/C19H15.3C6H5.Pb/c1-4-10-16(11-5-1)19(17-12-6-2-7-13-17)18-14-8-3-9-15-18;3*1-2-4-6-5-3-1;/h1-15H;3*1-5H;. The Morgan fingerprint density at radius 1 is 0.263 bits per heavy atom. The Morgan fingerprint density at radius 2 is 0.474 bits per heavy atom. The molecule has 6 aromatic rings. The van der Waals surface area contributed by atoms with Crippen molar-refractivity contribution in [2.75, 3.05) is 0 Å². The molecule has 182 valence electrons. The molecule has 0 saturated heterocycles. The van der Waals surface area contributed by atoms with E-state index in [0.29, 0.717) is 0 Å². The minimum absolute atomic E-state index is 0.374. The van der Waals surface area contributed by atoms with Crippen molar-refractivity contribution >= 4 is 30.5 Å². The SMILES string of the molecule is c1ccc([C](c2ccccc2)(c2ccccc2)[Pb]([c]2ccccc2)([c]2ccccc2)[c]2ccccc2)cc1. The van der Waals surface area contributed by atoms with Crippen molar-refractivity contribution in [3.8, 4) is 0 Å². The summed E-state index contributed by atoms with van der Waals surface area (Å²) in [6, 6.07) is 67.9. The van der Waals surface area contributed by atoms with E-state index in [9.17, 15) is 0 Å². The minimum atomic E-state index is -4.32. The van der Waals surface area contributed by atoms with Crippen molar-refractivity contribution in [2.45, 2.75) is 2.97 Å². The molecule has 0 N–H and O–H groups in total. The molecule has 0 nitrogen and oxygen atoms in total. The first kappa shape index (κ1) is 24.6. The molecule has 0 aliphatic carbocycles. The molecule has 0 bridgehead atoms. The van der Waals surface area contributed by atoms with Gasteiger partial charge >= 0.3 is 232 Å². The number of rotatable bonds is 7. The number of hydrogen-bond acceptors (Lipinski definition) is 0. The second kappa shape index (κ2) is 10.9. The van der Waals surface area contributed by atoms with E-state index < -0.39 is 21.2 Å². The number of hydrogen-bond donors (Lipinski definition) is 0. The summed E-state index contributed by atoms with van der Waals surface area (Å²) in [5.41, 5.74) is 4.03. The third-order valence-corrected chi connectivity index (χ3v) is 29.5. The van der Waals surface area contributed by atoms with Crippen LogP contribution in [0.15, 0.2) is 182 Å². The van der Waals surface area contributed by atoms with Crippen LogP contribution in [-0.2, 0) is 2.97 Å². The normalized spacial score (nSPS) is 11.7. The summed E-state index contributed by atoms with van der Waals surface area (Å²) < 4.78 is 4.03. The zero-order valence-corrected chi connectivity index (χ0v) is 25.2. The van der Waals surface area contributed by atoms with E-state index >= 15 is 0 Å². The van der Waals surface area contributed by atoms with Crippen LogP contribution in [0.5, 0.6) is 0 Å². The van der Waals surface area contributed by atoms with Gasteiger partial charge in [-0.25, -0.2) is 0 Å². The molecule has 1 heteroatoms. The molecule has 6 rings (SSSR count). The van der Waals surface area contributed by atoms with Gasteiger partial charge in [0.25, 0.3) is 0 Å². The molecule has 0 aliphatic rings. The van der Waals surface area contributed by atoms with Gasteiger partial charge in [0.15, 0.2) is 0 Å². The first-order valence-electron chi connectivity index (χ1n) is 13.2. The summed E-state index contributed by atoms with van der Waals surface area (Å²) in [6.45, 7) is 0. The fraction of sp³-hybridized carbons (Fsp3) is 0.0270. The van der Waals surface area contributed by atoms with Crippen molar-refractivity contribution in [2.24, 2.45) is 0 Å². The van der Waals surface area contributed by atoms with E-state index in [2.05, 4.69) is 182 Å². The second-order valence-corrected chi connectivity index (χ2v) is 25.2. The maximum atomic E-state index is 2.39. The quantitative estimate of drug-likeness (QED) is 0.130. The van der Waals surface area contributed by atoms with Crippen molar-refractivity contribution in [1.29, 1.82) is 0 Å². The molecule has 0 unspecified atom stereocenters. The Kier molecular flexibility index (Phi) is 7.06. The maximum absolute atomic E-state index is 4.32. The molecule has 0 spiro atoms. The molecule has 6 aromatic carbocycles. The molecule has 0 heterocycles. The van der Waals surface area contributed by atoms with Crippen molar-refractivity contribution < 1.29 is 0 Å². The van der Waals surface area contributed by atoms with Gasteiger partial charge in [0, 0.05) is 0 Å². The zero-order valence-electron chi connectivity index (χ0n) is 21.3. The van der Waals surface area contributed by atoms with E-state index in [0.717, 1.165) is 0 Å². The fourth-order valence-electron chi connectivity index (χ4n) is 6.43. The van der Waals surface area contributed by atoms with Crippen molar-refractivity contribution in [3.63, 3.8) is 0 Å².